The van der Waals surface area contributed by atoms with Gasteiger partial charge in [0, 0.05) is 36.6 Å². The summed E-state index contributed by atoms with van der Waals surface area (Å²) in [4.78, 5) is 38.9. The third kappa shape index (κ3) is 7.37. The molecule has 3 aromatic carbocycles. The molecule has 2 heterocycles. The summed E-state index contributed by atoms with van der Waals surface area (Å²) in [6.07, 6.45) is 5.02. The van der Waals surface area contributed by atoms with E-state index in [9.17, 15) is 9.59 Å². The number of pyridine rings is 1. The lowest BCUT2D eigenvalue weighted by Crippen LogP contribution is -2.28. The summed E-state index contributed by atoms with van der Waals surface area (Å²) >= 11 is 0. The number of guanidine groups is 1. The first-order valence-electron chi connectivity index (χ1n) is 14.3. The second-order valence-corrected chi connectivity index (χ2v) is 10.2. The Bertz CT molecular complexity index is 1770. The Hall–Kier alpha value is -5.71. The Labute approximate surface area is 254 Å². The lowest BCUT2D eigenvalue weighted by molar-refractivity contribution is -0.121. The van der Waals surface area contributed by atoms with E-state index in [1.165, 1.54) is 0 Å². The zero-order valence-corrected chi connectivity index (χ0v) is 24.1. The Balaban J connectivity index is 1.49. The van der Waals surface area contributed by atoms with Crippen LogP contribution in [0.25, 0.3) is 22.4 Å². The SMILES string of the molecule is NC(=O)[C@@H](CCCN=C(N)N)n1c(-c2cccc(Oc3ccccc3)c2)nc2cc(C(=O)NCCc3ccncc3)ccc21. The molecule has 0 aliphatic carbocycles. The van der Waals surface area contributed by atoms with E-state index >= 15 is 0 Å². The number of hydrogen-bond acceptors (Lipinski definition) is 6. The standard InChI is InChI=1S/C33H34N8O3/c34-30(42)29(10-5-16-39-33(35)36)41-28-12-11-24(32(43)38-19-15-22-13-17-37-18-14-22)21-27(28)40-31(41)23-6-4-9-26(20-23)44-25-7-2-1-3-8-25/h1-4,6-9,11-14,17-18,20-21,29H,5,10,15-16,19H2,(H2,34,42)(H,38,43)(H4,35,36,39)/t29-/m1/s1. The van der Waals surface area contributed by atoms with Gasteiger partial charge in [-0.15, -0.1) is 0 Å². The van der Waals surface area contributed by atoms with Crippen molar-refractivity contribution in [1.82, 2.24) is 19.9 Å². The third-order valence-corrected chi connectivity index (χ3v) is 7.04. The maximum atomic E-state index is 13.0. The molecule has 0 aliphatic heterocycles. The summed E-state index contributed by atoms with van der Waals surface area (Å²) in [6.45, 7) is 0.812. The normalized spacial score (nSPS) is 11.5. The second kappa shape index (κ2) is 14.0. The summed E-state index contributed by atoms with van der Waals surface area (Å²) in [7, 11) is 0. The van der Waals surface area contributed by atoms with Gasteiger partial charge in [0.2, 0.25) is 5.91 Å². The lowest BCUT2D eigenvalue weighted by Gasteiger charge is -2.19. The lowest BCUT2D eigenvalue weighted by atomic mass is 10.1. The third-order valence-electron chi connectivity index (χ3n) is 7.04. The zero-order valence-electron chi connectivity index (χ0n) is 24.1. The van der Waals surface area contributed by atoms with E-state index in [0.717, 1.165) is 5.56 Å². The number of aliphatic imine (C=N–C) groups is 1. The minimum Gasteiger partial charge on any atom is -0.457 e. The van der Waals surface area contributed by atoms with E-state index in [0.29, 0.717) is 71.8 Å². The molecule has 2 aromatic heterocycles. The van der Waals surface area contributed by atoms with Crippen LogP contribution < -0.4 is 27.3 Å². The summed E-state index contributed by atoms with van der Waals surface area (Å²) in [6, 6.07) is 25.2. The van der Waals surface area contributed by atoms with Crippen LogP contribution in [-0.2, 0) is 11.2 Å². The van der Waals surface area contributed by atoms with E-state index < -0.39 is 11.9 Å². The molecule has 0 aliphatic rings. The van der Waals surface area contributed by atoms with Crippen molar-refractivity contribution in [3.8, 4) is 22.9 Å². The maximum Gasteiger partial charge on any atom is 0.251 e. The van der Waals surface area contributed by atoms with Gasteiger partial charge in [0.1, 0.15) is 23.4 Å². The average Bonchev–Trinajstić information content (AvgIpc) is 3.40. The van der Waals surface area contributed by atoms with Crippen LogP contribution in [-0.4, -0.2) is 45.4 Å². The first-order valence-corrected chi connectivity index (χ1v) is 14.3. The number of imidazole rings is 1. The van der Waals surface area contributed by atoms with Gasteiger partial charge in [0.05, 0.1) is 11.0 Å². The van der Waals surface area contributed by atoms with Gasteiger partial charge >= 0.3 is 0 Å². The van der Waals surface area contributed by atoms with Crippen molar-refractivity contribution in [2.75, 3.05) is 13.1 Å². The number of carbonyl (C=O) groups excluding carboxylic acids is 2. The number of nitrogens with two attached hydrogens (primary N) is 3. The second-order valence-electron chi connectivity index (χ2n) is 10.2. The van der Waals surface area contributed by atoms with Crippen LogP contribution in [0.15, 0.2) is 102 Å². The minimum absolute atomic E-state index is 0.0174. The average molecular weight is 591 g/mol. The van der Waals surface area contributed by atoms with Crippen LogP contribution in [0.3, 0.4) is 0 Å². The number of rotatable bonds is 13. The van der Waals surface area contributed by atoms with Crippen molar-refractivity contribution in [1.29, 1.82) is 0 Å². The number of nitrogens with zero attached hydrogens (tertiary/aromatic N) is 4. The van der Waals surface area contributed by atoms with Gasteiger partial charge in [-0.1, -0.05) is 30.3 Å². The van der Waals surface area contributed by atoms with Gasteiger partial charge in [-0.3, -0.25) is 19.6 Å². The van der Waals surface area contributed by atoms with Gasteiger partial charge < -0.3 is 31.8 Å². The smallest absolute Gasteiger partial charge is 0.251 e. The molecule has 0 radical (unpaired) electrons. The summed E-state index contributed by atoms with van der Waals surface area (Å²) in [5.41, 5.74) is 20.4. The number of para-hydroxylation sites is 1. The van der Waals surface area contributed by atoms with Crippen molar-refractivity contribution in [2.24, 2.45) is 22.2 Å². The predicted octanol–water partition coefficient (Wildman–Crippen LogP) is 3.94. The van der Waals surface area contributed by atoms with E-state index in [1.807, 2.05) is 71.3 Å². The molecule has 224 valence electrons. The first-order chi connectivity index (χ1) is 21.4. The van der Waals surface area contributed by atoms with Crippen LogP contribution in [0, 0.1) is 0 Å². The molecule has 1 atom stereocenters. The van der Waals surface area contributed by atoms with Gasteiger partial charge in [-0.05, 0) is 79.4 Å². The molecule has 0 bridgehead atoms. The fourth-order valence-electron chi connectivity index (χ4n) is 4.95. The Morgan fingerprint density at radius 3 is 2.43 bits per heavy atom. The molecule has 11 nitrogen and oxygen atoms in total. The van der Waals surface area contributed by atoms with Crippen molar-refractivity contribution >= 4 is 28.8 Å². The number of amides is 2. The van der Waals surface area contributed by atoms with E-state index in [-0.39, 0.29) is 11.9 Å². The molecular weight excluding hydrogens is 556 g/mol. The molecule has 0 fully saturated rings. The molecule has 0 saturated heterocycles. The van der Waals surface area contributed by atoms with Crippen LogP contribution in [0.5, 0.6) is 11.5 Å². The minimum atomic E-state index is -0.747. The molecule has 5 rings (SSSR count). The van der Waals surface area contributed by atoms with E-state index in [2.05, 4.69) is 15.3 Å². The molecule has 2 amide bonds. The number of ether oxygens (including phenoxy) is 1. The Kier molecular flexibility index (Phi) is 9.45. The number of benzene rings is 3. The summed E-state index contributed by atoms with van der Waals surface area (Å²) in [5, 5.41) is 2.96. The van der Waals surface area contributed by atoms with Crippen molar-refractivity contribution < 1.29 is 14.3 Å². The highest BCUT2D eigenvalue weighted by molar-refractivity contribution is 5.98. The van der Waals surface area contributed by atoms with Crippen molar-refractivity contribution in [2.45, 2.75) is 25.3 Å². The molecule has 0 saturated carbocycles. The van der Waals surface area contributed by atoms with Gasteiger partial charge in [-0.25, -0.2) is 4.98 Å². The zero-order chi connectivity index (χ0) is 30.9. The van der Waals surface area contributed by atoms with Crippen LogP contribution in [0.1, 0.15) is 34.8 Å². The Morgan fingerprint density at radius 2 is 1.68 bits per heavy atom. The molecular formula is C33H34N8O3. The largest absolute Gasteiger partial charge is 0.457 e. The number of fused-ring (bicyclic) bond motifs is 1. The Morgan fingerprint density at radius 1 is 0.909 bits per heavy atom. The van der Waals surface area contributed by atoms with Gasteiger partial charge in [0.25, 0.3) is 5.91 Å². The predicted molar refractivity (Wildman–Crippen MR) is 170 cm³/mol. The number of nitrogens with one attached hydrogen (secondary N) is 1. The van der Waals surface area contributed by atoms with E-state index in [1.54, 1.807) is 30.6 Å². The van der Waals surface area contributed by atoms with E-state index in [4.69, 9.17) is 26.9 Å². The molecule has 7 N–H and O–H groups in total. The molecule has 0 unspecified atom stereocenters. The summed E-state index contributed by atoms with van der Waals surface area (Å²) in [5.74, 6) is 1.04. The molecule has 11 heteroatoms. The van der Waals surface area contributed by atoms with Crippen LogP contribution in [0.2, 0.25) is 0 Å². The molecule has 0 spiro atoms. The highest BCUT2D eigenvalue weighted by Crippen LogP contribution is 2.33. The fourth-order valence-corrected chi connectivity index (χ4v) is 4.95. The number of hydrogen-bond donors (Lipinski definition) is 4. The van der Waals surface area contributed by atoms with Gasteiger partial charge in [-0.2, -0.15) is 0 Å². The van der Waals surface area contributed by atoms with Crippen LogP contribution in [0.4, 0.5) is 0 Å². The number of carbonyl (C=O) groups is 2. The number of primary amides is 1. The quantitative estimate of drug-likeness (QED) is 0.0911. The van der Waals surface area contributed by atoms with Crippen molar-refractivity contribution in [3.05, 3.63) is 108 Å². The van der Waals surface area contributed by atoms with Crippen LogP contribution >= 0.6 is 0 Å². The van der Waals surface area contributed by atoms with Crippen molar-refractivity contribution in [3.63, 3.8) is 0 Å². The summed E-state index contributed by atoms with van der Waals surface area (Å²) < 4.78 is 7.88. The highest BCUT2D eigenvalue weighted by atomic mass is 16.5. The molecule has 44 heavy (non-hydrogen) atoms. The topological polar surface area (TPSA) is 177 Å². The fraction of sp³-hybridized carbons (Fsp3) is 0.182. The van der Waals surface area contributed by atoms with Gasteiger partial charge in [0.15, 0.2) is 5.96 Å². The highest BCUT2D eigenvalue weighted by Gasteiger charge is 2.25. The maximum absolute atomic E-state index is 13.0. The first kappa shape index (κ1) is 29.8. The number of aromatic nitrogens is 3. The molecule has 5 aromatic rings. The monoisotopic (exact) mass is 590 g/mol.